The smallest absolute Gasteiger partial charge is 0.272 e. The van der Waals surface area contributed by atoms with Crippen molar-refractivity contribution in [2.75, 3.05) is 0 Å². The van der Waals surface area contributed by atoms with Crippen LogP contribution in [-0.2, 0) is 0 Å². The van der Waals surface area contributed by atoms with Crippen LogP contribution < -0.4 is 5.43 Å². The van der Waals surface area contributed by atoms with Crippen molar-refractivity contribution in [2.24, 2.45) is 5.10 Å². The number of halogens is 3. The van der Waals surface area contributed by atoms with Crippen LogP contribution in [-0.4, -0.2) is 22.3 Å². The molecule has 3 aromatic rings. The number of aromatic nitrogens is 2. The Labute approximate surface area is 158 Å². The minimum Gasteiger partial charge on any atom is -0.272 e. The molecule has 0 unspecified atom stereocenters. The predicted molar refractivity (Wildman–Crippen MR) is 101 cm³/mol. The molecule has 1 heterocycles. The summed E-state index contributed by atoms with van der Waals surface area (Å²) in [5, 5.41) is 12.2. The lowest BCUT2D eigenvalue weighted by Gasteiger charge is -1.99. The van der Waals surface area contributed by atoms with E-state index < -0.39 is 5.91 Å². The maximum absolute atomic E-state index is 12.1. The van der Waals surface area contributed by atoms with Gasteiger partial charge < -0.3 is 0 Å². The quantitative estimate of drug-likeness (QED) is 0.494. The molecule has 0 radical (unpaired) electrons. The molecule has 1 amide bonds. The third kappa shape index (κ3) is 4.20. The number of hydrogen-bond acceptors (Lipinski definition) is 3. The number of hydrogen-bond donors (Lipinski definition) is 2. The highest BCUT2D eigenvalue weighted by molar-refractivity contribution is 6.36. The summed E-state index contributed by atoms with van der Waals surface area (Å²) in [6.07, 6.45) is 1.43. The number of carbonyl (C=O) groups excluding carboxylic acids is 1. The van der Waals surface area contributed by atoms with Crippen molar-refractivity contribution < 1.29 is 4.79 Å². The number of nitrogens with zero attached hydrogens (tertiary/aromatic N) is 2. The van der Waals surface area contributed by atoms with Crippen LogP contribution in [0.15, 0.2) is 53.6 Å². The zero-order valence-electron chi connectivity index (χ0n) is 12.6. The molecule has 0 atom stereocenters. The third-order valence-corrected chi connectivity index (χ3v) is 4.20. The maximum atomic E-state index is 12.1. The first-order chi connectivity index (χ1) is 12.0. The lowest BCUT2D eigenvalue weighted by atomic mass is 10.1. The van der Waals surface area contributed by atoms with Crippen LogP contribution in [0.4, 0.5) is 0 Å². The molecule has 3 rings (SSSR count). The Kier molecular flexibility index (Phi) is 5.38. The molecule has 0 spiro atoms. The van der Waals surface area contributed by atoms with Crippen molar-refractivity contribution >= 4 is 46.9 Å². The van der Waals surface area contributed by atoms with Gasteiger partial charge in [0.25, 0.3) is 5.91 Å². The van der Waals surface area contributed by atoms with Gasteiger partial charge in [0.15, 0.2) is 0 Å². The lowest BCUT2D eigenvalue weighted by Crippen LogP contribution is -2.18. The summed E-state index contributed by atoms with van der Waals surface area (Å²) in [4.78, 5) is 12.1. The number of H-pyrrole nitrogens is 1. The highest BCUT2D eigenvalue weighted by Crippen LogP contribution is 2.26. The van der Waals surface area contributed by atoms with Crippen LogP contribution in [0.3, 0.4) is 0 Å². The molecule has 2 N–H and O–H groups in total. The largest absolute Gasteiger partial charge is 0.289 e. The highest BCUT2D eigenvalue weighted by Gasteiger charge is 2.12. The Bertz CT molecular complexity index is 953. The molecule has 0 aliphatic heterocycles. The molecule has 8 heteroatoms. The Morgan fingerprint density at radius 2 is 1.88 bits per heavy atom. The number of aromatic amines is 1. The van der Waals surface area contributed by atoms with E-state index in [-0.39, 0.29) is 5.69 Å². The van der Waals surface area contributed by atoms with Crippen molar-refractivity contribution in [3.8, 4) is 11.3 Å². The Hall–Kier alpha value is -2.34. The van der Waals surface area contributed by atoms with Crippen molar-refractivity contribution in [1.82, 2.24) is 15.6 Å². The SMILES string of the molecule is O=C(N/N=C/c1ccc(Cl)cc1Cl)c1cc(-c2ccccc2Cl)n[nH]1. The van der Waals surface area contributed by atoms with Gasteiger partial charge in [0.2, 0.25) is 0 Å². The summed E-state index contributed by atoms with van der Waals surface area (Å²) in [5.74, 6) is -0.438. The standard InChI is InChI=1S/C17H11Cl3N4O/c18-11-6-5-10(14(20)7-11)9-21-24-17(25)16-8-15(22-23-16)12-3-1-2-4-13(12)19/h1-9H,(H,22,23)(H,24,25)/b21-9+. The monoisotopic (exact) mass is 392 g/mol. The molecule has 0 saturated carbocycles. The zero-order chi connectivity index (χ0) is 17.8. The number of amides is 1. The molecular weight excluding hydrogens is 383 g/mol. The molecule has 0 fully saturated rings. The highest BCUT2D eigenvalue weighted by atomic mass is 35.5. The summed E-state index contributed by atoms with van der Waals surface area (Å²) in [7, 11) is 0. The lowest BCUT2D eigenvalue weighted by molar-refractivity contribution is 0.0950. The van der Waals surface area contributed by atoms with Gasteiger partial charge in [0.05, 0.1) is 22.0 Å². The summed E-state index contributed by atoms with van der Waals surface area (Å²) < 4.78 is 0. The van der Waals surface area contributed by atoms with Crippen molar-refractivity contribution in [2.45, 2.75) is 0 Å². The van der Waals surface area contributed by atoms with E-state index in [1.807, 2.05) is 18.2 Å². The molecule has 1 aromatic heterocycles. The first-order valence-corrected chi connectivity index (χ1v) is 8.27. The van der Waals surface area contributed by atoms with Crippen LogP contribution in [0.2, 0.25) is 15.1 Å². The van der Waals surface area contributed by atoms with Crippen LogP contribution in [0.1, 0.15) is 16.1 Å². The Balaban J connectivity index is 1.70. The maximum Gasteiger partial charge on any atom is 0.289 e. The molecular formula is C17H11Cl3N4O. The van der Waals surface area contributed by atoms with E-state index in [0.717, 1.165) is 5.56 Å². The Morgan fingerprint density at radius 1 is 1.08 bits per heavy atom. The first-order valence-electron chi connectivity index (χ1n) is 7.13. The normalized spacial score (nSPS) is 11.0. The number of hydrazone groups is 1. The molecule has 0 saturated heterocycles. The van der Waals surface area contributed by atoms with E-state index in [0.29, 0.717) is 26.3 Å². The van der Waals surface area contributed by atoms with Crippen LogP contribution >= 0.6 is 34.8 Å². The second-order valence-electron chi connectivity index (χ2n) is 5.01. The van der Waals surface area contributed by atoms with E-state index >= 15 is 0 Å². The molecule has 0 aliphatic rings. The summed E-state index contributed by atoms with van der Waals surface area (Å²) in [6.45, 7) is 0. The van der Waals surface area contributed by atoms with Gasteiger partial charge in [-0.05, 0) is 24.3 Å². The van der Waals surface area contributed by atoms with Crippen molar-refractivity contribution in [1.29, 1.82) is 0 Å². The molecule has 5 nitrogen and oxygen atoms in total. The number of rotatable bonds is 4. The van der Waals surface area contributed by atoms with Gasteiger partial charge in [-0.2, -0.15) is 10.2 Å². The van der Waals surface area contributed by atoms with Gasteiger partial charge in [0, 0.05) is 16.1 Å². The van der Waals surface area contributed by atoms with Gasteiger partial charge in [-0.15, -0.1) is 0 Å². The van der Waals surface area contributed by atoms with Gasteiger partial charge in [-0.3, -0.25) is 9.89 Å². The summed E-state index contributed by atoms with van der Waals surface area (Å²) in [6, 6.07) is 13.8. The minimum absolute atomic E-state index is 0.259. The van der Waals surface area contributed by atoms with Crippen LogP contribution in [0.5, 0.6) is 0 Å². The van der Waals surface area contributed by atoms with E-state index in [9.17, 15) is 4.79 Å². The average Bonchev–Trinajstić information content (AvgIpc) is 3.07. The second kappa shape index (κ2) is 7.70. The van der Waals surface area contributed by atoms with Crippen molar-refractivity contribution in [3.05, 3.63) is 74.9 Å². The predicted octanol–water partition coefficient (Wildman–Crippen LogP) is 4.80. The topological polar surface area (TPSA) is 70.1 Å². The first kappa shape index (κ1) is 17.5. The van der Waals surface area contributed by atoms with Gasteiger partial charge in [0.1, 0.15) is 5.69 Å². The Morgan fingerprint density at radius 3 is 2.64 bits per heavy atom. The molecule has 0 bridgehead atoms. The van der Waals surface area contributed by atoms with Crippen LogP contribution in [0.25, 0.3) is 11.3 Å². The fourth-order valence-corrected chi connectivity index (χ4v) is 2.76. The molecule has 2 aromatic carbocycles. The summed E-state index contributed by atoms with van der Waals surface area (Å²) >= 11 is 18.0. The van der Waals surface area contributed by atoms with E-state index in [4.69, 9.17) is 34.8 Å². The number of benzene rings is 2. The number of nitrogens with one attached hydrogen (secondary N) is 2. The summed E-state index contributed by atoms with van der Waals surface area (Å²) in [5.41, 5.74) is 4.60. The van der Waals surface area contributed by atoms with E-state index in [1.54, 1.807) is 30.3 Å². The van der Waals surface area contributed by atoms with Crippen LogP contribution in [0, 0.1) is 0 Å². The van der Waals surface area contributed by atoms with E-state index in [2.05, 4.69) is 20.7 Å². The average molecular weight is 394 g/mol. The fraction of sp³-hybridized carbons (Fsp3) is 0. The van der Waals surface area contributed by atoms with Gasteiger partial charge in [-0.1, -0.05) is 59.1 Å². The molecule has 0 aliphatic carbocycles. The van der Waals surface area contributed by atoms with Crippen molar-refractivity contribution in [3.63, 3.8) is 0 Å². The number of carbonyl (C=O) groups is 1. The van der Waals surface area contributed by atoms with Gasteiger partial charge >= 0.3 is 0 Å². The fourth-order valence-electron chi connectivity index (χ4n) is 2.07. The van der Waals surface area contributed by atoms with E-state index in [1.165, 1.54) is 6.21 Å². The second-order valence-corrected chi connectivity index (χ2v) is 6.26. The third-order valence-electron chi connectivity index (χ3n) is 3.30. The zero-order valence-corrected chi connectivity index (χ0v) is 14.9. The molecule has 126 valence electrons. The minimum atomic E-state index is -0.438. The van der Waals surface area contributed by atoms with Gasteiger partial charge in [-0.25, -0.2) is 5.43 Å². The molecule has 25 heavy (non-hydrogen) atoms.